The number of benzene rings is 1. The monoisotopic (exact) mass is 521 g/mol. The summed E-state index contributed by atoms with van der Waals surface area (Å²) in [4.78, 5) is 15.7. The summed E-state index contributed by atoms with van der Waals surface area (Å²) in [5, 5.41) is 6.63. The molecular formula is C21H36IN3O4. The molecule has 0 spiro atoms. The third-order valence-electron chi connectivity index (χ3n) is 4.28. The molecule has 0 aliphatic carbocycles. The maximum absolute atomic E-state index is 11.1. The molecule has 1 rings (SSSR count). The first kappa shape index (κ1) is 27.3. The highest BCUT2D eigenvalue weighted by atomic mass is 127. The molecule has 8 heteroatoms. The van der Waals surface area contributed by atoms with Crippen molar-refractivity contribution in [2.45, 2.75) is 45.4 Å². The van der Waals surface area contributed by atoms with Crippen molar-refractivity contribution in [2.75, 3.05) is 41.0 Å². The molecular weight excluding hydrogens is 485 g/mol. The van der Waals surface area contributed by atoms with Crippen molar-refractivity contribution in [3.8, 4) is 11.5 Å². The second-order valence-corrected chi connectivity index (χ2v) is 6.37. The predicted molar refractivity (Wildman–Crippen MR) is 128 cm³/mol. The van der Waals surface area contributed by atoms with E-state index in [-0.39, 0.29) is 29.9 Å². The molecule has 1 aromatic rings. The summed E-state index contributed by atoms with van der Waals surface area (Å²) in [6.07, 6.45) is 5.32. The smallest absolute Gasteiger partial charge is 0.305 e. The SMILES string of the molecule is CCNC(=NCCCCCCC(=O)OC)NCCc1ccc(OC)c(OC)c1.I. The van der Waals surface area contributed by atoms with Crippen molar-refractivity contribution in [2.24, 2.45) is 4.99 Å². The Morgan fingerprint density at radius 3 is 2.38 bits per heavy atom. The zero-order valence-electron chi connectivity index (χ0n) is 18.1. The van der Waals surface area contributed by atoms with Crippen LogP contribution in [-0.2, 0) is 16.0 Å². The normalized spacial score (nSPS) is 10.7. The maximum atomic E-state index is 11.1. The molecule has 0 radical (unpaired) electrons. The van der Waals surface area contributed by atoms with Crippen molar-refractivity contribution < 1.29 is 19.0 Å². The van der Waals surface area contributed by atoms with E-state index >= 15 is 0 Å². The Bertz CT molecular complexity index is 612. The number of esters is 1. The summed E-state index contributed by atoms with van der Waals surface area (Å²) in [6, 6.07) is 5.97. The average molecular weight is 521 g/mol. The molecule has 0 saturated carbocycles. The zero-order valence-corrected chi connectivity index (χ0v) is 20.4. The van der Waals surface area contributed by atoms with E-state index in [1.54, 1.807) is 14.2 Å². The fraction of sp³-hybridized carbons (Fsp3) is 0.619. The molecule has 0 aliphatic rings. The van der Waals surface area contributed by atoms with Gasteiger partial charge in [0.1, 0.15) is 0 Å². The number of hydrogen-bond acceptors (Lipinski definition) is 5. The third-order valence-corrected chi connectivity index (χ3v) is 4.28. The summed E-state index contributed by atoms with van der Waals surface area (Å²) in [5.74, 6) is 2.18. The lowest BCUT2D eigenvalue weighted by atomic mass is 10.1. The Labute approximate surface area is 192 Å². The van der Waals surface area contributed by atoms with Crippen LogP contribution in [0.15, 0.2) is 23.2 Å². The molecule has 2 N–H and O–H groups in total. The van der Waals surface area contributed by atoms with Gasteiger partial charge in [-0.2, -0.15) is 0 Å². The first-order valence-electron chi connectivity index (χ1n) is 9.94. The molecule has 0 fully saturated rings. The van der Waals surface area contributed by atoms with Gasteiger partial charge < -0.3 is 24.8 Å². The Kier molecular flexibility index (Phi) is 16.2. The van der Waals surface area contributed by atoms with Crippen LogP contribution in [0.1, 0.15) is 44.6 Å². The highest BCUT2D eigenvalue weighted by molar-refractivity contribution is 14.0. The number of halogens is 1. The number of aliphatic imine (C=N–C) groups is 1. The second-order valence-electron chi connectivity index (χ2n) is 6.37. The van der Waals surface area contributed by atoms with E-state index in [0.29, 0.717) is 6.42 Å². The molecule has 0 unspecified atom stereocenters. The highest BCUT2D eigenvalue weighted by Gasteiger charge is 2.05. The fourth-order valence-electron chi connectivity index (χ4n) is 2.73. The van der Waals surface area contributed by atoms with Crippen LogP contribution in [-0.4, -0.2) is 52.9 Å². The molecule has 1 aromatic carbocycles. The van der Waals surface area contributed by atoms with Gasteiger partial charge in [-0.1, -0.05) is 18.9 Å². The van der Waals surface area contributed by atoms with Gasteiger partial charge in [0.2, 0.25) is 0 Å². The van der Waals surface area contributed by atoms with Gasteiger partial charge in [-0.3, -0.25) is 9.79 Å². The summed E-state index contributed by atoms with van der Waals surface area (Å²) in [7, 11) is 4.71. The van der Waals surface area contributed by atoms with Gasteiger partial charge >= 0.3 is 5.97 Å². The number of guanidine groups is 1. The summed E-state index contributed by atoms with van der Waals surface area (Å²) >= 11 is 0. The van der Waals surface area contributed by atoms with E-state index in [1.807, 2.05) is 18.2 Å². The van der Waals surface area contributed by atoms with Crippen LogP contribution in [0.4, 0.5) is 0 Å². The lowest BCUT2D eigenvalue weighted by molar-refractivity contribution is -0.140. The number of ether oxygens (including phenoxy) is 3. The molecule has 0 aliphatic heterocycles. The molecule has 0 heterocycles. The zero-order chi connectivity index (χ0) is 20.6. The molecule has 7 nitrogen and oxygen atoms in total. The van der Waals surface area contributed by atoms with Crippen LogP contribution in [0.25, 0.3) is 0 Å². The third kappa shape index (κ3) is 11.8. The largest absolute Gasteiger partial charge is 0.493 e. The van der Waals surface area contributed by atoms with Gasteiger partial charge in [0.05, 0.1) is 21.3 Å². The van der Waals surface area contributed by atoms with E-state index in [9.17, 15) is 4.79 Å². The van der Waals surface area contributed by atoms with E-state index in [0.717, 1.165) is 69.2 Å². The quantitative estimate of drug-likeness (QED) is 0.136. The summed E-state index contributed by atoms with van der Waals surface area (Å²) < 4.78 is 15.3. The Morgan fingerprint density at radius 2 is 1.72 bits per heavy atom. The molecule has 0 bridgehead atoms. The highest BCUT2D eigenvalue weighted by Crippen LogP contribution is 2.27. The molecule has 166 valence electrons. The van der Waals surface area contributed by atoms with Crippen LogP contribution in [0.5, 0.6) is 11.5 Å². The number of carbonyl (C=O) groups is 1. The molecule has 0 saturated heterocycles. The van der Waals surface area contributed by atoms with Crippen molar-refractivity contribution in [1.29, 1.82) is 0 Å². The van der Waals surface area contributed by atoms with Gasteiger partial charge in [-0.05, 0) is 43.9 Å². The minimum absolute atomic E-state index is 0. The maximum Gasteiger partial charge on any atom is 0.305 e. The van der Waals surface area contributed by atoms with Crippen molar-refractivity contribution in [1.82, 2.24) is 10.6 Å². The fourth-order valence-corrected chi connectivity index (χ4v) is 2.73. The Balaban J connectivity index is 0.00000784. The van der Waals surface area contributed by atoms with Crippen LogP contribution in [0.2, 0.25) is 0 Å². The van der Waals surface area contributed by atoms with E-state index in [2.05, 4.69) is 27.3 Å². The molecule has 0 atom stereocenters. The standard InChI is InChI=1S/C21H35N3O4.HI/c1-5-22-21(23-14-9-7-6-8-10-20(25)28-4)24-15-13-17-11-12-18(26-2)19(16-17)27-3;/h11-12,16H,5-10,13-15H2,1-4H3,(H2,22,23,24);1H. The number of unbranched alkanes of at least 4 members (excludes halogenated alkanes) is 3. The Hall–Kier alpha value is -1.71. The lowest BCUT2D eigenvalue weighted by Gasteiger charge is -2.12. The van der Waals surface area contributed by atoms with Gasteiger partial charge in [-0.25, -0.2) is 0 Å². The average Bonchev–Trinajstić information content (AvgIpc) is 2.72. The Morgan fingerprint density at radius 1 is 1.00 bits per heavy atom. The van der Waals surface area contributed by atoms with Gasteiger partial charge in [0, 0.05) is 26.1 Å². The van der Waals surface area contributed by atoms with Crippen molar-refractivity contribution in [3.63, 3.8) is 0 Å². The number of carbonyl (C=O) groups excluding carboxylic acids is 1. The molecule has 0 aromatic heterocycles. The second kappa shape index (κ2) is 17.2. The lowest BCUT2D eigenvalue weighted by Crippen LogP contribution is -2.38. The number of rotatable bonds is 13. The number of methoxy groups -OCH3 is 3. The van der Waals surface area contributed by atoms with Gasteiger partial charge in [0.25, 0.3) is 0 Å². The minimum atomic E-state index is -0.133. The number of nitrogens with one attached hydrogen (secondary N) is 2. The number of hydrogen-bond donors (Lipinski definition) is 2. The van der Waals surface area contributed by atoms with Crippen LogP contribution >= 0.6 is 24.0 Å². The number of nitrogens with zero attached hydrogens (tertiary/aromatic N) is 1. The van der Waals surface area contributed by atoms with Crippen LogP contribution in [0, 0.1) is 0 Å². The van der Waals surface area contributed by atoms with Gasteiger partial charge in [-0.15, -0.1) is 24.0 Å². The van der Waals surface area contributed by atoms with E-state index in [4.69, 9.17) is 9.47 Å². The predicted octanol–water partition coefficient (Wildman–Crippen LogP) is 3.54. The minimum Gasteiger partial charge on any atom is -0.493 e. The van der Waals surface area contributed by atoms with Crippen LogP contribution in [0.3, 0.4) is 0 Å². The first-order chi connectivity index (χ1) is 13.6. The first-order valence-corrected chi connectivity index (χ1v) is 9.94. The van der Waals surface area contributed by atoms with Crippen LogP contribution < -0.4 is 20.1 Å². The topological polar surface area (TPSA) is 81.2 Å². The van der Waals surface area contributed by atoms with Crippen molar-refractivity contribution >= 4 is 35.9 Å². The van der Waals surface area contributed by atoms with E-state index in [1.165, 1.54) is 12.7 Å². The van der Waals surface area contributed by atoms with Crippen molar-refractivity contribution in [3.05, 3.63) is 23.8 Å². The summed E-state index contributed by atoms with van der Waals surface area (Å²) in [5.41, 5.74) is 1.17. The van der Waals surface area contributed by atoms with Gasteiger partial charge in [0.15, 0.2) is 17.5 Å². The van der Waals surface area contributed by atoms with E-state index < -0.39 is 0 Å². The molecule has 29 heavy (non-hydrogen) atoms. The molecule has 0 amide bonds. The summed E-state index contributed by atoms with van der Waals surface area (Å²) in [6.45, 7) is 4.42.